The van der Waals surface area contributed by atoms with E-state index >= 15 is 0 Å². The van der Waals surface area contributed by atoms with Gasteiger partial charge in [0.15, 0.2) is 0 Å². The summed E-state index contributed by atoms with van der Waals surface area (Å²) in [6.45, 7) is 1.27. The number of rotatable bonds is 6. The van der Waals surface area contributed by atoms with E-state index in [0.717, 1.165) is 50.6 Å². The standard InChI is InChI=1S/C30H25N3O2.ClH/c31-15-14-22-18-33(17-19-8-10-20(11-9-19)30(32)34)27-13-12-21(16-26(22)27)23-5-3-6-25-24-4-1-2-7-28(24)35-29(23)25;/h1-13,16,18H,14-15,17,31H2,(H2,32,34);1H. The second-order valence-corrected chi connectivity index (χ2v) is 8.89. The number of halogens is 1. The van der Waals surface area contributed by atoms with Crippen molar-refractivity contribution in [2.24, 2.45) is 11.5 Å². The van der Waals surface area contributed by atoms with Gasteiger partial charge < -0.3 is 20.5 Å². The van der Waals surface area contributed by atoms with Crippen molar-refractivity contribution in [2.75, 3.05) is 6.54 Å². The van der Waals surface area contributed by atoms with Gasteiger partial charge in [0, 0.05) is 45.5 Å². The Balaban J connectivity index is 0.00000267. The largest absolute Gasteiger partial charge is 0.455 e. The molecule has 0 saturated heterocycles. The molecular weight excluding hydrogens is 470 g/mol. The number of nitrogens with zero attached hydrogens (tertiary/aromatic N) is 1. The van der Waals surface area contributed by atoms with Crippen molar-refractivity contribution in [2.45, 2.75) is 13.0 Å². The second-order valence-electron chi connectivity index (χ2n) is 8.89. The number of carbonyl (C=O) groups excluding carboxylic acids is 1. The third kappa shape index (κ3) is 4.02. The van der Waals surface area contributed by atoms with Crippen molar-refractivity contribution in [1.82, 2.24) is 4.57 Å². The van der Waals surface area contributed by atoms with Gasteiger partial charge in [-0.1, -0.05) is 54.6 Å². The smallest absolute Gasteiger partial charge is 0.248 e. The summed E-state index contributed by atoms with van der Waals surface area (Å²) in [5.74, 6) is -0.416. The molecule has 0 fully saturated rings. The Morgan fingerprint density at radius 1 is 0.861 bits per heavy atom. The van der Waals surface area contributed by atoms with Crippen molar-refractivity contribution in [3.8, 4) is 11.1 Å². The monoisotopic (exact) mass is 495 g/mol. The van der Waals surface area contributed by atoms with Crippen LogP contribution in [-0.4, -0.2) is 17.0 Å². The molecule has 0 saturated carbocycles. The van der Waals surface area contributed by atoms with E-state index in [-0.39, 0.29) is 12.4 Å². The van der Waals surface area contributed by atoms with E-state index in [1.54, 1.807) is 12.1 Å². The van der Waals surface area contributed by atoms with Gasteiger partial charge in [-0.25, -0.2) is 0 Å². The highest BCUT2D eigenvalue weighted by Gasteiger charge is 2.15. The molecule has 2 heterocycles. The summed E-state index contributed by atoms with van der Waals surface area (Å²) in [4.78, 5) is 11.4. The maximum absolute atomic E-state index is 11.4. The number of aromatic nitrogens is 1. The summed E-state index contributed by atoms with van der Waals surface area (Å²) in [5.41, 5.74) is 19.3. The molecule has 0 aliphatic heterocycles. The SMILES string of the molecule is Cl.NCCc1cn(Cc2ccc(C(N)=O)cc2)c2ccc(-c3cccc4c3oc3ccccc34)cc12. The summed E-state index contributed by atoms with van der Waals surface area (Å²) in [5, 5.41) is 3.44. The van der Waals surface area contributed by atoms with Gasteiger partial charge in [0.25, 0.3) is 0 Å². The Morgan fingerprint density at radius 3 is 2.42 bits per heavy atom. The Hall–Kier alpha value is -4.06. The van der Waals surface area contributed by atoms with Crippen molar-refractivity contribution in [1.29, 1.82) is 0 Å². The third-order valence-electron chi connectivity index (χ3n) is 6.68. The number of carbonyl (C=O) groups is 1. The molecule has 0 spiro atoms. The van der Waals surface area contributed by atoms with Crippen LogP contribution in [0, 0.1) is 0 Å². The fraction of sp³-hybridized carbons (Fsp3) is 0.100. The first kappa shape index (κ1) is 23.7. The summed E-state index contributed by atoms with van der Waals surface area (Å²) in [6.07, 6.45) is 2.98. The molecule has 180 valence electrons. The summed E-state index contributed by atoms with van der Waals surface area (Å²) in [6, 6.07) is 28.5. The van der Waals surface area contributed by atoms with Gasteiger partial charge in [-0.05, 0) is 60.0 Å². The highest BCUT2D eigenvalue weighted by Crippen LogP contribution is 2.37. The zero-order chi connectivity index (χ0) is 23.9. The molecule has 0 aliphatic carbocycles. The van der Waals surface area contributed by atoms with Crippen LogP contribution in [0.15, 0.2) is 95.5 Å². The summed E-state index contributed by atoms with van der Waals surface area (Å²) < 4.78 is 8.52. The number of nitrogens with two attached hydrogens (primary N) is 2. The van der Waals surface area contributed by atoms with Gasteiger partial charge in [-0.2, -0.15) is 0 Å². The zero-order valence-electron chi connectivity index (χ0n) is 19.6. The fourth-order valence-corrected chi connectivity index (χ4v) is 4.97. The van der Waals surface area contributed by atoms with Gasteiger partial charge in [-0.15, -0.1) is 12.4 Å². The number of hydrogen-bond donors (Lipinski definition) is 2. The maximum Gasteiger partial charge on any atom is 0.248 e. The van der Waals surface area contributed by atoms with Crippen LogP contribution in [0.3, 0.4) is 0 Å². The Kier molecular flexibility index (Phi) is 6.27. The van der Waals surface area contributed by atoms with E-state index in [2.05, 4.69) is 53.2 Å². The van der Waals surface area contributed by atoms with Crippen LogP contribution in [0.1, 0.15) is 21.5 Å². The quantitative estimate of drug-likeness (QED) is 0.285. The third-order valence-corrected chi connectivity index (χ3v) is 6.68. The topological polar surface area (TPSA) is 87.2 Å². The molecule has 4 aromatic carbocycles. The zero-order valence-corrected chi connectivity index (χ0v) is 20.4. The minimum Gasteiger partial charge on any atom is -0.455 e. The van der Waals surface area contributed by atoms with Crippen molar-refractivity contribution >= 4 is 51.2 Å². The lowest BCUT2D eigenvalue weighted by Crippen LogP contribution is -2.10. The van der Waals surface area contributed by atoms with Crippen molar-refractivity contribution in [3.05, 3.63) is 108 Å². The molecular formula is C30H26ClN3O2. The average Bonchev–Trinajstić information content (AvgIpc) is 3.42. The number of hydrogen-bond acceptors (Lipinski definition) is 3. The average molecular weight is 496 g/mol. The van der Waals surface area contributed by atoms with Crippen LogP contribution in [0.25, 0.3) is 44.0 Å². The molecule has 6 heteroatoms. The first-order valence-corrected chi connectivity index (χ1v) is 11.7. The Morgan fingerprint density at radius 2 is 1.64 bits per heavy atom. The van der Waals surface area contributed by atoms with Crippen LogP contribution in [0.2, 0.25) is 0 Å². The van der Waals surface area contributed by atoms with E-state index in [1.165, 1.54) is 10.9 Å². The lowest BCUT2D eigenvalue weighted by Gasteiger charge is -2.08. The number of primary amides is 1. The minimum absolute atomic E-state index is 0. The van der Waals surface area contributed by atoms with Gasteiger partial charge in [0.2, 0.25) is 5.91 Å². The van der Waals surface area contributed by atoms with E-state index in [1.807, 2.05) is 30.3 Å². The van der Waals surface area contributed by atoms with Gasteiger partial charge in [-0.3, -0.25) is 4.79 Å². The summed E-state index contributed by atoms with van der Waals surface area (Å²) >= 11 is 0. The van der Waals surface area contributed by atoms with Crippen molar-refractivity contribution < 1.29 is 9.21 Å². The second kappa shape index (κ2) is 9.53. The Labute approximate surface area is 214 Å². The van der Waals surface area contributed by atoms with Crippen LogP contribution < -0.4 is 11.5 Å². The summed E-state index contributed by atoms with van der Waals surface area (Å²) in [7, 11) is 0. The van der Waals surface area contributed by atoms with Gasteiger partial charge >= 0.3 is 0 Å². The van der Waals surface area contributed by atoms with E-state index in [0.29, 0.717) is 18.7 Å². The number of furan rings is 1. The molecule has 0 bridgehead atoms. The molecule has 5 nitrogen and oxygen atoms in total. The molecule has 0 aliphatic rings. The van der Waals surface area contributed by atoms with Crippen LogP contribution in [0.4, 0.5) is 0 Å². The van der Waals surface area contributed by atoms with Crippen LogP contribution in [-0.2, 0) is 13.0 Å². The van der Waals surface area contributed by atoms with Crippen LogP contribution in [0.5, 0.6) is 0 Å². The number of amides is 1. The number of benzene rings is 4. The fourth-order valence-electron chi connectivity index (χ4n) is 4.97. The maximum atomic E-state index is 11.4. The Bertz CT molecular complexity index is 1710. The number of fused-ring (bicyclic) bond motifs is 4. The molecule has 2 aromatic heterocycles. The highest BCUT2D eigenvalue weighted by molar-refractivity contribution is 6.10. The molecule has 0 unspecified atom stereocenters. The lowest BCUT2D eigenvalue weighted by atomic mass is 9.99. The predicted octanol–water partition coefficient (Wildman–Crippen LogP) is 6.28. The van der Waals surface area contributed by atoms with E-state index < -0.39 is 5.91 Å². The molecule has 6 rings (SSSR count). The first-order chi connectivity index (χ1) is 17.1. The van der Waals surface area contributed by atoms with E-state index in [4.69, 9.17) is 15.9 Å². The highest BCUT2D eigenvalue weighted by atomic mass is 35.5. The van der Waals surface area contributed by atoms with Gasteiger partial charge in [0.05, 0.1) is 0 Å². The van der Waals surface area contributed by atoms with Gasteiger partial charge in [0.1, 0.15) is 11.2 Å². The van der Waals surface area contributed by atoms with Crippen LogP contribution >= 0.6 is 12.4 Å². The minimum atomic E-state index is -0.416. The van der Waals surface area contributed by atoms with Crippen molar-refractivity contribution in [3.63, 3.8) is 0 Å². The predicted molar refractivity (Wildman–Crippen MR) is 149 cm³/mol. The molecule has 6 aromatic rings. The molecule has 0 atom stereocenters. The first-order valence-electron chi connectivity index (χ1n) is 11.7. The molecule has 0 radical (unpaired) electrons. The molecule has 4 N–H and O–H groups in total. The molecule has 1 amide bonds. The van der Waals surface area contributed by atoms with E-state index in [9.17, 15) is 4.79 Å². The molecule has 36 heavy (non-hydrogen) atoms. The lowest BCUT2D eigenvalue weighted by molar-refractivity contribution is 0.100. The number of para-hydroxylation sites is 2. The normalized spacial score (nSPS) is 11.2.